The lowest BCUT2D eigenvalue weighted by atomic mass is 10.1. The predicted molar refractivity (Wildman–Crippen MR) is 323 cm³/mol. The molecular formula is C64H76N6O8S4. The molecule has 2 aliphatic heterocycles. The van der Waals surface area contributed by atoms with E-state index in [1.165, 1.54) is 17.2 Å². The summed E-state index contributed by atoms with van der Waals surface area (Å²) >= 11 is 0. The molecule has 0 fully saturated rings. The molecule has 2 heterocycles. The first-order valence-corrected chi connectivity index (χ1v) is 33.9. The highest BCUT2D eigenvalue weighted by atomic mass is 32.2. The first-order valence-electron chi connectivity index (χ1n) is 28.2. The second kappa shape index (κ2) is 26.8. The molecule has 0 saturated heterocycles. The Morgan fingerprint density at radius 2 is 0.512 bits per heavy atom. The average Bonchev–Trinajstić information content (AvgIpc) is 3.45. The Morgan fingerprint density at radius 1 is 0.293 bits per heavy atom. The van der Waals surface area contributed by atoms with E-state index in [1.807, 2.05) is 76.2 Å². The van der Waals surface area contributed by atoms with Gasteiger partial charge in [-0.2, -0.15) is 17.2 Å². The van der Waals surface area contributed by atoms with Gasteiger partial charge in [0.15, 0.2) is 0 Å². The van der Waals surface area contributed by atoms with Crippen LogP contribution in [0.25, 0.3) is 0 Å². The van der Waals surface area contributed by atoms with Crippen LogP contribution >= 0.6 is 0 Å². The highest BCUT2D eigenvalue weighted by molar-refractivity contribution is 7.90. The molecule has 18 heteroatoms. The van der Waals surface area contributed by atoms with Crippen LogP contribution in [0.15, 0.2) is 189 Å². The predicted octanol–water partition coefficient (Wildman–Crippen LogP) is 10.3. The van der Waals surface area contributed by atoms with Gasteiger partial charge in [0.1, 0.15) is 0 Å². The van der Waals surface area contributed by atoms with Gasteiger partial charge < -0.3 is 0 Å². The first kappa shape index (κ1) is 60.7. The summed E-state index contributed by atoms with van der Waals surface area (Å²) in [5.74, 6) is 0. The van der Waals surface area contributed by atoms with Crippen LogP contribution in [-0.4, -0.2) is 113 Å². The summed E-state index contributed by atoms with van der Waals surface area (Å²) in [5.41, 5.74) is 8.97. The minimum atomic E-state index is -3.90. The number of sulfonamides is 4. The maximum Gasteiger partial charge on any atom is 0.243 e. The molecule has 9 rings (SSSR count). The Morgan fingerprint density at radius 3 is 0.732 bits per heavy atom. The van der Waals surface area contributed by atoms with Crippen LogP contribution in [0.2, 0.25) is 0 Å². The molecule has 7 aromatic carbocycles. The molecule has 0 radical (unpaired) electrons. The van der Waals surface area contributed by atoms with Crippen LogP contribution in [0.3, 0.4) is 0 Å². The monoisotopic (exact) mass is 1180 g/mol. The van der Waals surface area contributed by atoms with Gasteiger partial charge in [-0.15, -0.1) is 0 Å². The van der Waals surface area contributed by atoms with Crippen molar-refractivity contribution in [2.24, 2.45) is 0 Å². The SMILES string of the molecule is Cc1ccc(S(=O)(=O)N2CCCN(Cc3ccc(CN4CCCN(S(=O)(=O)c5ccc(C)cc5)Cc5cccc(c5)CN(S(=O)(=O)c5ccc(C)cc5)CCC4)cc3)CCCN(S(=O)(=O)c3ccc(C)cc3)Cc3cccc(c3)C2)cc1. The Bertz CT molecular complexity index is 3280. The minimum absolute atomic E-state index is 0.122. The maximum atomic E-state index is 14.4. The number of hydrogen-bond donors (Lipinski definition) is 0. The Hall–Kier alpha value is -5.90. The van der Waals surface area contributed by atoms with Crippen molar-refractivity contribution in [3.05, 3.63) is 225 Å². The third-order valence-corrected chi connectivity index (χ3v) is 22.9. The molecule has 0 atom stereocenters. The van der Waals surface area contributed by atoms with Gasteiger partial charge in [0.25, 0.3) is 0 Å². The van der Waals surface area contributed by atoms with Crippen molar-refractivity contribution in [3.8, 4) is 0 Å². The van der Waals surface area contributed by atoms with Crippen LogP contribution in [-0.2, 0) is 79.4 Å². The first-order chi connectivity index (χ1) is 39.2. The van der Waals surface area contributed by atoms with Gasteiger partial charge in [0, 0.05) is 65.4 Å². The van der Waals surface area contributed by atoms with E-state index in [1.54, 1.807) is 97.1 Å². The van der Waals surface area contributed by atoms with Crippen LogP contribution in [0.4, 0.5) is 0 Å². The maximum absolute atomic E-state index is 14.4. The largest absolute Gasteiger partial charge is 0.299 e. The molecule has 2 aliphatic rings. The van der Waals surface area contributed by atoms with Gasteiger partial charge in [-0.05, 0) is 161 Å². The molecule has 0 saturated carbocycles. The number of nitrogens with zero attached hydrogens (tertiary/aromatic N) is 6. The summed E-state index contributed by atoms with van der Waals surface area (Å²) in [6.45, 7) is 12.6. The lowest BCUT2D eigenvalue weighted by molar-refractivity contribution is 0.236. The summed E-state index contributed by atoms with van der Waals surface area (Å²) in [4.78, 5) is 5.43. The number of rotatable bonds is 12. The summed E-state index contributed by atoms with van der Waals surface area (Å²) in [6.07, 6.45) is 2.12. The number of fused-ring (bicyclic) bond motifs is 4. The highest BCUT2D eigenvalue weighted by Gasteiger charge is 2.30. The Kier molecular flexibility index (Phi) is 19.8. The van der Waals surface area contributed by atoms with E-state index < -0.39 is 40.1 Å². The Labute approximate surface area is 487 Å². The molecule has 434 valence electrons. The van der Waals surface area contributed by atoms with Crippen LogP contribution < -0.4 is 0 Å². The molecular weight excluding hydrogens is 1110 g/mol. The molecule has 82 heavy (non-hydrogen) atoms. The summed E-state index contributed by atoms with van der Waals surface area (Å²) < 4.78 is 121. The van der Waals surface area contributed by atoms with Crippen LogP contribution in [0.1, 0.15) is 81.3 Å². The number of aryl methyl sites for hydroxylation is 4. The van der Waals surface area contributed by atoms with Gasteiger partial charge in [-0.1, -0.05) is 144 Å². The number of benzene rings is 7. The lowest BCUT2D eigenvalue weighted by Gasteiger charge is -2.29. The molecule has 0 N–H and O–H groups in total. The van der Waals surface area contributed by atoms with Crippen LogP contribution in [0, 0.1) is 27.7 Å². The topological polar surface area (TPSA) is 156 Å². The van der Waals surface area contributed by atoms with E-state index in [0.717, 1.165) is 55.6 Å². The van der Waals surface area contributed by atoms with Crippen LogP contribution in [0.5, 0.6) is 0 Å². The third-order valence-electron chi connectivity index (χ3n) is 15.4. The van der Waals surface area contributed by atoms with Gasteiger partial charge in [-0.3, -0.25) is 9.80 Å². The molecule has 7 aromatic rings. The standard InChI is InChI=1S/C64H76N6O8S4/c1-51-15-27-61(28-16-51)79(71,72)67-39-7-35-65(36-8-40-68(48-58-12-5-11-57(43-58)47-67)80(73,74)62-29-17-52(2)18-30-62)45-55-23-25-56(26-24-55)46-66-37-9-41-69(81(75,76)63-31-19-53(3)20-32-63)49-59-13-6-14-60(44-59)50-70(42-10-38-66)82(77,78)64-33-21-54(4)22-34-64/h5-6,11-34,43-44H,7-10,35-42,45-50H2,1-4H3. The fraction of sp³-hybridized carbons (Fsp3) is 0.344. The van der Waals surface area contributed by atoms with Crippen molar-refractivity contribution in [2.75, 3.05) is 52.4 Å². The quantitative estimate of drug-likeness (QED) is 0.115. The zero-order valence-electron chi connectivity index (χ0n) is 47.5. The zero-order chi connectivity index (χ0) is 58.1. The molecule has 14 nitrogen and oxygen atoms in total. The summed E-state index contributed by atoms with van der Waals surface area (Å²) in [5, 5.41) is 0. The van der Waals surface area contributed by atoms with E-state index >= 15 is 0 Å². The van der Waals surface area contributed by atoms with Crippen molar-refractivity contribution >= 4 is 40.1 Å². The fourth-order valence-corrected chi connectivity index (χ4v) is 16.6. The second-order valence-corrected chi connectivity index (χ2v) is 29.8. The van der Waals surface area contributed by atoms with E-state index in [0.29, 0.717) is 65.0 Å². The van der Waals surface area contributed by atoms with Crippen molar-refractivity contribution < 1.29 is 33.7 Å². The summed E-state index contributed by atoms with van der Waals surface area (Å²) in [6, 6.07) is 51.2. The molecule has 0 aromatic heterocycles. The molecule has 0 spiro atoms. The molecule has 0 amide bonds. The fourth-order valence-electron chi connectivity index (χ4n) is 10.7. The van der Waals surface area contributed by atoms with Crippen molar-refractivity contribution in [2.45, 2.75) is 112 Å². The smallest absolute Gasteiger partial charge is 0.243 e. The van der Waals surface area contributed by atoms with Gasteiger partial charge in [0.05, 0.1) is 19.6 Å². The van der Waals surface area contributed by atoms with E-state index in [-0.39, 0.29) is 71.9 Å². The van der Waals surface area contributed by atoms with E-state index in [2.05, 4.69) is 34.1 Å². The van der Waals surface area contributed by atoms with Crippen molar-refractivity contribution in [1.82, 2.24) is 27.0 Å². The molecule has 4 bridgehead atoms. The van der Waals surface area contributed by atoms with Crippen molar-refractivity contribution in [3.63, 3.8) is 0 Å². The van der Waals surface area contributed by atoms with Gasteiger partial charge >= 0.3 is 0 Å². The van der Waals surface area contributed by atoms with Gasteiger partial charge in [-0.25, -0.2) is 33.7 Å². The summed E-state index contributed by atoms with van der Waals surface area (Å²) in [7, 11) is -15.6. The minimum Gasteiger partial charge on any atom is -0.299 e. The normalized spacial score (nSPS) is 17.4. The van der Waals surface area contributed by atoms with Gasteiger partial charge in [0.2, 0.25) is 40.1 Å². The zero-order valence-corrected chi connectivity index (χ0v) is 50.7. The lowest BCUT2D eigenvalue weighted by Crippen LogP contribution is -2.37. The van der Waals surface area contributed by atoms with E-state index in [4.69, 9.17) is 0 Å². The number of hydrogen-bond acceptors (Lipinski definition) is 10. The van der Waals surface area contributed by atoms with Crippen molar-refractivity contribution in [1.29, 1.82) is 0 Å². The third kappa shape index (κ3) is 15.4. The molecule has 0 aliphatic carbocycles. The average molecular weight is 1190 g/mol. The highest BCUT2D eigenvalue weighted by Crippen LogP contribution is 2.27. The Balaban J connectivity index is 0.959. The second-order valence-electron chi connectivity index (χ2n) is 22.0. The molecule has 0 unspecified atom stereocenters. The van der Waals surface area contributed by atoms with E-state index in [9.17, 15) is 33.7 Å².